The molecule has 0 aromatic carbocycles. The molecular formula is C10H15N. The standard InChI is InChI=1S/C10H15N/c1-8-5-3-4-6-10(8)9(2)7-11/h3-5,7,10H,6,11H2,1-2H3/b9-7-. The second-order valence-electron chi connectivity index (χ2n) is 3.04. The Labute approximate surface area is 68.3 Å². The number of allylic oxidation sites excluding steroid dienone is 5. The van der Waals surface area contributed by atoms with Crippen LogP contribution < -0.4 is 5.73 Å². The van der Waals surface area contributed by atoms with Crippen molar-refractivity contribution >= 4 is 0 Å². The molecule has 1 rings (SSSR count). The lowest BCUT2D eigenvalue weighted by Crippen LogP contribution is -2.06. The van der Waals surface area contributed by atoms with E-state index in [1.54, 1.807) is 6.20 Å². The van der Waals surface area contributed by atoms with Crippen molar-refractivity contribution in [2.24, 2.45) is 11.7 Å². The van der Waals surface area contributed by atoms with Gasteiger partial charge in [-0.2, -0.15) is 0 Å². The second-order valence-corrected chi connectivity index (χ2v) is 3.04. The first-order chi connectivity index (χ1) is 5.25. The van der Waals surface area contributed by atoms with Gasteiger partial charge >= 0.3 is 0 Å². The summed E-state index contributed by atoms with van der Waals surface area (Å²) in [5, 5.41) is 0. The zero-order chi connectivity index (χ0) is 8.27. The molecule has 0 bridgehead atoms. The molecule has 0 aromatic rings. The lowest BCUT2D eigenvalue weighted by molar-refractivity contribution is 0.714. The summed E-state index contributed by atoms with van der Waals surface area (Å²) >= 11 is 0. The first-order valence-electron chi connectivity index (χ1n) is 3.97. The molecule has 1 unspecified atom stereocenters. The molecule has 0 saturated heterocycles. The van der Waals surface area contributed by atoms with Gasteiger partial charge in [0.25, 0.3) is 0 Å². The monoisotopic (exact) mass is 149 g/mol. The molecule has 0 spiro atoms. The Hall–Kier alpha value is -0.980. The predicted octanol–water partition coefficient (Wildman–Crippen LogP) is 2.37. The van der Waals surface area contributed by atoms with Gasteiger partial charge in [0.05, 0.1) is 0 Å². The van der Waals surface area contributed by atoms with E-state index in [1.165, 1.54) is 11.1 Å². The van der Waals surface area contributed by atoms with Crippen LogP contribution in [0.2, 0.25) is 0 Å². The molecule has 1 atom stereocenters. The van der Waals surface area contributed by atoms with Crippen LogP contribution in [0, 0.1) is 5.92 Å². The van der Waals surface area contributed by atoms with E-state index in [2.05, 4.69) is 32.1 Å². The first kappa shape index (κ1) is 8.12. The van der Waals surface area contributed by atoms with Gasteiger partial charge in [-0.15, -0.1) is 0 Å². The van der Waals surface area contributed by atoms with Gasteiger partial charge in [0.15, 0.2) is 0 Å². The lowest BCUT2D eigenvalue weighted by Gasteiger charge is -2.18. The lowest BCUT2D eigenvalue weighted by atomic mass is 9.87. The van der Waals surface area contributed by atoms with Crippen LogP contribution in [-0.2, 0) is 0 Å². The fourth-order valence-corrected chi connectivity index (χ4v) is 1.40. The van der Waals surface area contributed by atoms with Crippen LogP contribution in [0.3, 0.4) is 0 Å². The van der Waals surface area contributed by atoms with E-state index in [4.69, 9.17) is 5.73 Å². The summed E-state index contributed by atoms with van der Waals surface area (Å²) in [5.74, 6) is 0.546. The van der Waals surface area contributed by atoms with E-state index in [1.807, 2.05) is 0 Å². The summed E-state index contributed by atoms with van der Waals surface area (Å²) in [6.07, 6.45) is 9.25. The van der Waals surface area contributed by atoms with Crippen molar-refractivity contribution in [1.29, 1.82) is 0 Å². The van der Waals surface area contributed by atoms with Gasteiger partial charge in [0, 0.05) is 5.92 Å². The Morgan fingerprint density at radius 1 is 1.73 bits per heavy atom. The summed E-state index contributed by atoms with van der Waals surface area (Å²) in [5.41, 5.74) is 8.13. The molecule has 1 aliphatic carbocycles. The van der Waals surface area contributed by atoms with Crippen LogP contribution in [0.15, 0.2) is 35.6 Å². The molecular weight excluding hydrogens is 134 g/mol. The van der Waals surface area contributed by atoms with Gasteiger partial charge in [0.1, 0.15) is 0 Å². The third kappa shape index (κ3) is 1.73. The molecule has 0 aliphatic heterocycles. The van der Waals surface area contributed by atoms with E-state index in [9.17, 15) is 0 Å². The van der Waals surface area contributed by atoms with Crippen molar-refractivity contribution in [3.63, 3.8) is 0 Å². The summed E-state index contributed by atoms with van der Waals surface area (Å²) < 4.78 is 0. The van der Waals surface area contributed by atoms with Crippen molar-refractivity contribution in [2.75, 3.05) is 0 Å². The van der Waals surface area contributed by atoms with Gasteiger partial charge in [0.2, 0.25) is 0 Å². The molecule has 0 heterocycles. The molecule has 1 aliphatic rings. The van der Waals surface area contributed by atoms with Crippen LogP contribution in [0.1, 0.15) is 20.3 Å². The van der Waals surface area contributed by atoms with E-state index in [-0.39, 0.29) is 0 Å². The fraction of sp³-hybridized carbons (Fsp3) is 0.400. The predicted molar refractivity (Wildman–Crippen MR) is 48.9 cm³/mol. The number of hydrogen-bond donors (Lipinski definition) is 1. The SMILES string of the molecule is CC1=CC=CCC1/C(C)=C\N. The maximum atomic E-state index is 5.45. The van der Waals surface area contributed by atoms with Crippen molar-refractivity contribution < 1.29 is 0 Å². The highest BCUT2D eigenvalue weighted by Gasteiger charge is 2.12. The second kappa shape index (κ2) is 3.42. The van der Waals surface area contributed by atoms with Crippen molar-refractivity contribution in [2.45, 2.75) is 20.3 Å². The fourth-order valence-electron chi connectivity index (χ4n) is 1.40. The number of hydrogen-bond acceptors (Lipinski definition) is 1. The minimum absolute atomic E-state index is 0.546. The van der Waals surface area contributed by atoms with E-state index < -0.39 is 0 Å². The minimum Gasteiger partial charge on any atom is -0.405 e. The van der Waals surface area contributed by atoms with E-state index in [0.29, 0.717) is 5.92 Å². The minimum atomic E-state index is 0.546. The molecule has 0 saturated carbocycles. The topological polar surface area (TPSA) is 26.0 Å². The smallest absolute Gasteiger partial charge is 0.00563 e. The Kier molecular flexibility index (Phi) is 2.53. The summed E-state index contributed by atoms with van der Waals surface area (Å²) in [6, 6.07) is 0. The van der Waals surface area contributed by atoms with Crippen LogP contribution in [-0.4, -0.2) is 0 Å². The Balaban J connectivity index is 2.76. The molecule has 2 N–H and O–H groups in total. The van der Waals surface area contributed by atoms with Crippen molar-refractivity contribution in [1.82, 2.24) is 0 Å². The number of rotatable bonds is 1. The molecule has 0 radical (unpaired) electrons. The van der Waals surface area contributed by atoms with E-state index in [0.717, 1.165) is 6.42 Å². The third-order valence-electron chi connectivity index (χ3n) is 2.23. The van der Waals surface area contributed by atoms with Crippen molar-refractivity contribution in [3.8, 4) is 0 Å². The maximum Gasteiger partial charge on any atom is 0.00563 e. The van der Waals surface area contributed by atoms with Crippen LogP contribution in [0.4, 0.5) is 0 Å². The summed E-state index contributed by atoms with van der Waals surface area (Å²) in [6.45, 7) is 4.24. The zero-order valence-corrected chi connectivity index (χ0v) is 7.17. The molecule has 0 amide bonds. The molecule has 0 aromatic heterocycles. The quantitative estimate of drug-likeness (QED) is 0.608. The normalized spacial score (nSPS) is 25.1. The highest BCUT2D eigenvalue weighted by molar-refractivity contribution is 5.26. The molecule has 11 heavy (non-hydrogen) atoms. The van der Waals surface area contributed by atoms with Gasteiger partial charge < -0.3 is 5.73 Å². The Morgan fingerprint density at radius 3 is 3.00 bits per heavy atom. The van der Waals surface area contributed by atoms with E-state index >= 15 is 0 Å². The highest BCUT2D eigenvalue weighted by atomic mass is 14.5. The molecule has 60 valence electrons. The van der Waals surface area contributed by atoms with Gasteiger partial charge in [-0.3, -0.25) is 0 Å². The third-order valence-corrected chi connectivity index (χ3v) is 2.23. The van der Waals surface area contributed by atoms with Crippen LogP contribution >= 0.6 is 0 Å². The maximum absolute atomic E-state index is 5.45. The number of nitrogens with two attached hydrogens (primary N) is 1. The average Bonchev–Trinajstić information content (AvgIpc) is 2.04. The zero-order valence-electron chi connectivity index (χ0n) is 7.17. The van der Waals surface area contributed by atoms with Gasteiger partial charge in [-0.1, -0.05) is 29.4 Å². The van der Waals surface area contributed by atoms with Gasteiger partial charge in [-0.05, 0) is 26.5 Å². The van der Waals surface area contributed by atoms with Gasteiger partial charge in [-0.25, -0.2) is 0 Å². The Bertz CT molecular complexity index is 221. The van der Waals surface area contributed by atoms with Crippen LogP contribution in [0.5, 0.6) is 0 Å². The molecule has 0 fully saturated rings. The highest BCUT2D eigenvalue weighted by Crippen LogP contribution is 2.26. The summed E-state index contributed by atoms with van der Waals surface area (Å²) in [4.78, 5) is 0. The average molecular weight is 149 g/mol. The first-order valence-corrected chi connectivity index (χ1v) is 3.97. The van der Waals surface area contributed by atoms with Crippen molar-refractivity contribution in [3.05, 3.63) is 35.6 Å². The molecule has 1 nitrogen and oxygen atoms in total. The largest absolute Gasteiger partial charge is 0.405 e. The van der Waals surface area contributed by atoms with Crippen LogP contribution in [0.25, 0.3) is 0 Å². The summed E-state index contributed by atoms with van der Waals surface area (Å²) in [7, 11) is 0. The Morgan fingerprint density at radius 2 is 2.45 bits per heavy atom. The molecule has 1 heteroatoms.